The lowest BCUT2D eigenvalue weighted by atomic mass is 10.3. The molecule has 0 aliphatic rings. The third kappa shape index (κ3) is 5.63. The Morgan fingerprint density at radius 3 is 2.85 bits per heavy atom. The van der Waals surface area contributed by atoms with E-state index in [1.165, 1.54) is 0 Å². The molecule has 1 rings (SSSR count). The average Bonchev–Trinajstić information content (AvgIpc) is 2.74. The molecule has 1 heterocycles. The second-order valence-corrected chi connectivity index (χ2v) is 5.02. The fraction of sp³-hybridized carbons (Fsp3) is 0.643. The van der Waals surface area contributed by atoms with Gasteiger partial charge in [-0.3, -0.25) is 4.79 Å². The van der Waals surface area contributed by atoms with Gasteiger partial charge < -0.3 is 25.3 Å². The maximum atomic E-state index is 12.0. The van der Waals surface area contributed by atoms with E-state index in [2.05, 4.69) is 17.1 Å². The van der Waals surface area contributed by atoms with Crippen molar-refractivity contribution in [1.29, 1.82) is 0 Å². The molecule has 0 bridgehead atoms. The van der Waals surface area contributed by atoms with Crippen molar-refractivity contribution < 1.29 is 9.53 Å². The Morgan fingerprint density at radius 2 is 2.20 bits per heavy atom. The summed E-state index contributed by atoms with van der Waals surface area (Å²) in [6, 6.07) is 1.71. The van der Waals surface area contributed by atoms with E-state index in [1.807, 2.05) is 18.7 Å². The minimum absolute atomic E-state index is 0.105. The molecule has 0 fully saturated rings. The number of nitrogen functional groups attached to an aromatic ring is 1. The van der Waals surface area contributed by atoms with Crippen LogP contribution in [0.3, 0.4) is 0 Å². The number of nitrogens with two attached hydrogens (primary N) is 1. The van der Waals surface area contributed by atoms with E-state index in [0.29, 0.717) is 31.1 Å². The third-order valence-corrected chi connectivity index (χ3v) is 2.83. The van der Waals surface area contributed by atoms with Crippen LogP contribution in [-0.4, -0.2) is 55.8 Å². The lowest BCUT2D eigenvalue weighted by Gasteiger charge is -2.11. The monoisotopic (exact) mass is 282 g/mol. The van der Waals surface area contributed by atoms with Crippen molar-refractivity contribution in [2.45, 2.75) is 19.9 Å². The molecule has 0 atom stereocenters. The minimum Gasteiger partial charge on any atom is -0.397 e. The molecule has 3 N–H and O–H groups in total. The first-order valence-electron chi connectivity index (χ1n) is 7.01. The summed E-state index contributed by atoms with van der Waals surface area (Å²) in [6.45, 7) is 5.43. The van der Waals surface area contributed by atoms with E-state index in [1.54, 1.807) is 12.3 Å². The Morgan fingerprint density at radius 1 is 1.45 bits per heavy atom. The van der Waals surface area contributed by atoms with Crippen molar-refractivity contribution in [2.75, 3.05) is 46.1 Å². The van der Waals surface area contributed by atoms with E-state index >= 15 is 0 Å². The Balaban J connectivity index is 2.32. The molecule has 20 heavy (non-hydrogen) atoms. The maximum Gasteiger partial charge on any atom is 0.268 e. The summed E-state index contributed by atoms with van der Waals surface area (Å²) >= 11 is 0. The van der Waals surface area contributed by atoms with Gasteiger partial charge in [0.15, 0.2) is 0 Å². The summed E-state index contributed by atoms with van der Waals surface area (Å²) in [6.07, 6.45) is 2.76. The number of carbonyl (C=O) groups is 1. The Kier molecular flexibility index (Phi) is 7.11. The predicted molar refractivity (Wildman–Crippen MR) is 80.8 cm³/mol. The Labute approximate surface area is 120 Å². The number of hydrogen-bond donors (Lipinski definition) is 2. The quantitative estimate of drug-likeness (QED) is 0.657. The second kappa shape index (κ2) is 8.60. The topological polar surface area (TPSA) is 72.5 Å². The number of carbonyl (C=O) groups excluding carboxylic acids is 1. The van der Waals surface area contributed by atoms with Crippen LogP contribution in [0, 0.1) is 0 Å². The van der Waals surface area contributed by atoms with Gasteiger partial charge in [0, 0.05) is 25.8 Å². The molecule has 0 aliphatic heterocycles. The summed E-state index contributed by atoms with van der Waals surface area (Å²) in [4.78, 5) is 14.1. The van der Waals surface area contributed by atoms with Gasteiger partial charge in [-0.1, -0.05) is 6.92 Å². The third-order valence-electron chi connectivity index (χ3n) is 2.83. The fourth-order valence-corrected chi connectivity index (χ4v) is 1.83. The van der Waals surface area contributed by atoms with E-state index in [9.17, 15) is 4.79 Å². The molecule has 0 aliphatic carbocycles. The van der Waals surface area contributed by atoms with Crippen LogP contribution < -0.4 is 11.1 Å². The Bertz CT molecular complexity index is 415. The van der Waals surface area contributed by atoms with E-state index in [0.717, 1.165) is 19.5 Å². The van der Waals surface area contributed by atoms with Gasteiger partial charge in [0.05, 0.1) is 18.9 Å². The first kappa shape index (κ1) is 16.5. The van der Waals surface area contributed by atoms with Gasteiger partial charge in [0.1, 0.15) is 5.69 Å². The summed E-state index contributed by atoms with van der Waals surface area (Å²) < 4.78 is 7.31. The number of likely N-dealkylation sites (N-methyl/N-ethyl adjacent to an activating group) is 1. The predicted octanol–water partition coefficient (Wildman–Crippen LogP) is 0.788. The molecule has 6 heteroatoms. The van der Waals surface area contributed by atoms with Crippen molar-refractivity contribution in [3.05, 3.63) is 18.0 Å². The van der Waals surface area contributed by atoms with Crippen molar-refractivity contribution in [3.8, 4) is 0 Å². The average molecular weight is 282 g/mol. The summed E-state index contributed by atoms with van der Waals surface area (Å²) in [5.41, 5.74) is 6.97. The number of aryl methyl sites for hydroxylation is 1. The first-order valence-corrected chi connectivity index (χ1v) is 7.01. The maximum absolute atomic E-state index is 12.0. The largest absolute Gasteiger partial charge is 0.397 e. The standard InChI is InChI=1S/C14H26N4O2/c1-4-6-18-11-12(15)10-13(18)14(19)16-5-8-20-9-7-17(2)3/h10-11H,4-9,15H2,1-3H3,(H,16,19). The molecule has 0 saturated carbocycles. The summed E-state index contributed by atoms with van der Waals surface area (Å²) in [7, 11) is 3.99. The number of nitrogens with one attached hydrogen (secondary N) is 1. The molecule has 0 saturated heterocycles. The number of hydrogen-bond acceptors (Lipinski definition) is 4. The molecule has 1 amide bonds. The van der Waals surface area contributed by atoms with Gasteiger partial charge in [-0.2, -0.15) is 0 Å². The zero-order valence-electron chi connectivity index (χ0n) is 12.7. The number of aromatic nitrogens is 1. The molecular weight excluding hydrogens is 256 g/mol. The molecule has 0 spiro atoms. The number of amides is 1. The molecular formula is C14H26N4O2. The van der Waals surface area contributed by atoms with E-state index in [-0.39, 0.29) is 5.91 Å². The SMILES string of the molecule is CCCn1cc(N)cc1C(=O)NCCOCCN(C)C. The van der Waals surface area contributed by atoms with Gasteiger partial charge in [-0.15, -0.1) is 0 Å². The van der Waals surface area contributed by atoms with Crippen LogP contribution in [0.25, 0.3) is 0 Å². The van der Waals surface area contributed by atoms with Crippen molar-refractivity contribution in [1.82, 2.24) is 14.8 Å². The molecule has 0 radical (unpaired) electrons. The van der Waals surface area contributed by atoms with Crippen LogP contribution in [-0.2, 0) is 11.3 Å². The normalized spacial score (nSPS) is 11.0. The first-order chi connectivity index (χ1) is 9.54. The lowest BCUT2D eigenvalue weighted by molar-refractivity contribution is 0.0892. The fourth-order valence-electron chi connectivity index (χ4n) is 1.83. The highest BCUT2D eigenvalue weighted by molar-refractivity contribution is 5.93. The molecule has 114 valence electrons. The molecule has 6 nitrogen and oxygen atoms in total. The van der Waals surface area contributed by atoms with Crippen molar-refractivity contribution in [2.24, 2.45) is 0 Å². The molecule has 0 aromatic carbocycles. The van der Waals surface area contributed by atoms with Gasteiger partial charge in [0.2, 0.25) is 0 Å². The highest BCUT2D eigenvalue weighted by Crippen LogP contribution is 2.11. The van der Waals surface area contributed by atoms with Crippen LogP contribution in [0.15, 0.2) is 12.3 Å². The zero-order valence-corrected chi connectivity index (χ0v) is 12.7. The zero-order chi connectivity index (χ0) is 15.0. The number of nitrogens with zero attached hydrogens (tertiary/aromatic N) is 2. The van der Waals surface area contributed by atoms with E-state index in [4.69, 9.17) is 10.5 Å². The smallest absolute Gasteiger partial charge is 0.268 e. The van der Waals surface area contributed by atoms with Crippen LogP contribution in [0.5, 0.6) is 0 Å². The van der Waals surface area contributed by atoms with Gasteiger partial charge in [0.25, 0.3) is 5.91 Å². The lowest BCUT2D eigenvalue weighted by Crippen LogP contribution is -2.29. The van der Waals surface area contributed by atoms with Crippen LogP contribution in [0.4, 0.5) is 5.69 Å². The molecule has 1 aromatic rings. The van der Waals surface area contributed by atoms with Gasteiger partial charge >= 0.3 is 0 Å². The van der Waals surface area contributed by atoms with Crippen LogP contribution in [0.2, 0.25) is 0 Å². The highest BCUT2D eigenvalue weighted by Gasteiger charge is 2.11. The van der Waals surface area contributed by atoms with Crippen molar-refractivity contribution >= 4 is 11.6 Å². The van der Waals surface area contributed by atoms with Crippen LogP contribution >= 0.6 is 0 Å². The van der Waals surface area contributed by atoms with E-state index < -0.39 is 0 Å². The summed E-state index contributed by atoms with van der Waals surface area (Å²) in [5, 5.41) is 2.85. The molecule has 1 aromatic heterocycles. The van der Waals surface area contributed by atoms with Crippen LogP contribution in [0.1, 0.15) is 23.8 Å². The molecule has 0 unspecified atom stereocenters. The number of ether oxygens (including phenoxy) is 1. The second-order valence-electron chi connectivity index (χ2n) is 5.02. The van der Waals surface area contributed by atoms with Gasteiger partial charge in [-0.05, 0) is 26.6 Å². The van der Waals surface area contributed by atoms with Crippen molar-refractivity contribution in [3.63, 3.8) is 0 Å². The highest BCUT2D eigenvalue weighted by atomic mass is 16.5. The minimum atomic E-state index is -0.105. The van der Waals surface area contributed by atoms with Gasteiger partial charge in [-0.25, -0.2) is 0 Å². The number of anilines is 1. The Hall–Kier alpha value is -1.53. The summed E-state index contributed by atoms with van der Waals surface area (Å²) in [5.74, 6) is -0.105. The number of rotatable bonds is 9.